The fourth-order valence-corrected chi connectivity index (χ4v) is 3.18. The van der Waals surface area contributed by atoms with E-state index in [-0.39, 0.29) is 17.5 Å². The molecule has 6 heteroatoms. The van der Waals surface area contributed by atoms with Crippen LogP contribution in [0.25, 0.3) is 0 Å². The summed E-state index contributed by atoms with van der Waals surface area (Å²) >= 11 is 3.47. The van der Waals surface area contributed by atoms with Gasteiger partial charge in [-0.2, -0.15) is 0 Å². The van der Waals surface area contributed by atoms with Crippen LogP contribution in [0.15, 0.2) is 27.8 Å². The van der Waals surface area contributed by atoms with E-state index in [0.717, 1.165) is 23.2 Å². The van der Waals surface area contributed by atoms with Crippen molar-refractivity contribution in [3.05, 3.63) is 28.2 Å². The molecule has 1 atom stereocenters. The number of rotatable bonds is 2. The molecule has 110 valence electrons. The maximum atomic E-state index is 8.75. The maximum Gasteiger partial charge on any atom is 0.171 e. The topological polar surface area (TPSA) is 71.1 Å². The Bertz CT molecular complexity index is 531. The van der Waals surface area contributed by atoms with Crippen molar-refractivity contribution in [1.29, 1.82) is 0 Å². The molecule has 1 aromatic carbocycles. The third-order valence-electron chi connectivity index (χ3n) is 3.27. The van der Waals surface area contributed by atoms with Crippen LogP contribution in [-0.2, 0) is 4.74 Å². The number of hydrogen-bond acceptors (Lipinski definition) is 4. The van der Waals surface area contributed by atoms with Crippen LogP contribution in [-0.4, -0.2) is 35.8 Å². The van der Waals surface area contributed by atoms with Crippen molar-refractivity contribution >= 4 is 27.5 Å². The molecule has 0 bridgehead atoms. The Kier molecular flexibility index (Phi) is 4.25. The van der Waals surface area contributed by atoms with Crippen LogP contribution in [0.4, 0.5) is 5.69 Å². The average molecular weight is 342 g/mol. The SMILES string of the molecule is CC1CN(c2ccc(/C(N)=N/O)c(Br)c2)CC(C)(C)O1. The predicted molar refractivity (Wildman–Crippen MR) is 83.5 cm³/mol. The molecule has 1 aromatic rings. The second kappa shape index (κ2) is 5.61. The number of amidine groups is 1. The van der Waals surface area contributed by atoms with E-state index < -0.39 is 0 Å². The Morgan fingerprint density at radius 1 is 1.55 bits per heavy atom. The van der Waals surface area contributed by atoms with E-state index in [4.69, 9.17) is 15.7 Å². The van der Waals surface area contributed by atoms with E-state index in [1.165, 1.54) is 0 Å². The molecule has 5 nitrogen and oxygen atoms in total. The first-order chi connectivity index (χ1) is 9.32. The molecule has 0 aliphatic carbocycles. The minimum Gasteiger partial charge on any atom is -0.409 e. The van der Waals surface area contributed by atoms with Gasteiger partial charge >= 0.3 is 0 Å². The molecule has 0 amide bonds. The van der Waals surface area contributed by atoms with Crippen molar-refractivity contribution in [2.75, 3.05) is 18.0 Å². The Hall–Kier alpha value is -1.27. The lowest BCUT2D eigenvalue weighted by Crippen LogP contribution is -2.52. The number of morpholine rings is 1. The summed E-state index contributed by atoms with van der Waals surface area (Å²) in [6.07, 6.45) is 0.182. The van der Waals surface area contributed by atoms with E-state index in [1.54, 1.807) is 0 Å². The second-order valence-corrected chi connectivity index (χ2v) is 6.57. The van der Waals surface area contributed by atoms with Gasteiger partial charge in [0, 0.05) is 28.8 Å². The largest absolute Gasteiger partial charge is 0.409 e. The predicted octanol–water partition coefficient (Wildman–Crippen LogP) is 2.55. The number of hydrogen-bond donors (Lipinski definition) is 2. The molecule has 2 rings (SSSR count). The monoisotopic (exact) mass is 341 g/mol. The zero-order chi connectivity index (χ0) is 14.9. The lowest BCUT2D eigenvalue weighted by Gasteiger charge is -2.43. The van der Waals surface area contributed by atoms with E-state index in [0.29, 0.717) is 5.56 Å². The van der Waals surface area contributed by atoms with Gasteiger partial charge in [-0.15, -0.1) is 0 Å². The van der Waals surface area contributed by atoms with Gasteiger partial charge in [-0.3, -0.25) is 0 Å². The first-order valence-corrected chi connectivity index (χ1v) is 7.32. The molecule has 1 saturated heterocycles. The van der Waals surface area contributed by atoms with E-state index >= 15 is 0 Å². The second-order valence-electron chi connectivity index (χ2n) is 5.72. The summed E-state index contributed by atoms with van der Waals surface area (Å²) in [4.78, 5) is 2.29. The molecular weight excluding hydrogens is 322 g/mol. The van der Waals surface area contributed by atoms with E-state index in [2.05, 4.69) is 46.8 Å². The zero-order valence-corrected chi connectivity index (χ0v) is 13.5. The zero-order valence-electron chi connectivity index (χ0n) is 11.9. The number of oxime groups is 1. The van der Waals surface area contributed by atoms with Crippen LogP contribution in [0.3, 0.4) is 0 Å². The minimum absolute atomic E-state index is 0.0964. The molecule has 3 N–H and O–H groups in total. The van der Waals surface area contributed by atoms with Crippen LogP contribution in [0.1, 0.15) is 26.3 Å². The van der Waals surface area contributed by atoms with Crippen LogP contribution in [0.5, 0.6) is 0 Å². The van der Waals surface area contributed by atoms with Crippen molar-refractivity contribution in [2.45, 2.75) is 32.5 Å². The summed E-state index contributed by atoms with van der Waals surface area (Å²) in [5.74, 6) is 0.0964. The lowest BCUT2D eigenvalue weighted by atomic mass is 10.0. The van der Waals surface area contributed by atoms with Gasteiger partial charge in [-0.05, 0) is 54.9 Å². The molecule has 1 aliphatic heterocycles. The van der Waals surface area contributed by atoms with E-state index in [9.17, 15) is 0 Å². The van der Waals surface area contributed by atoms with Crippen LogP contribution in [0, 0.1) is 0 Å². The highest BCUT2D eigenvalue weighted by Gasteiger charge is 2.31. The number of benzene rings is 1. The average Bonchev–Trinajstić information content (AvgIpc) is 2.35. The molecule has 20 heavy (non-hydrogen) atoms. The van der Waals surface area contributed by atoms with Crippen molar-refractivity contribution in [1.82, 2.24) is 0 Å². The molecular formula is C14H20BrN3O2. The molecule has 0 radical (unpaired) electrons. The summed E-state index contributed by atoms with van der Waals surface area (Å²) in [6, 6.07) is 5.81. The van der Waals surface area contributed by atoms with Crippen LogP contribution in [0.2, 0.25) is 0 Å². The van der Waals surface area contributed by atoms with Gasteiger partial charge in [0.2, 0.25) is 0 Å². The summed E-state index contributed by atoms with van der Waals surface area (Å²) in [6.45, 7) is 7.93. The highest BCUT2D eigenvalue weighted by molar-refractivity contribution is 9.10. The molecule has 1 fully saturated rings. The number of anilines is 1. The quantitative estimate of drug-likeness (QED) is 0.375. The summed E-state index contributed by atoms with van der Waals surface area (Å²) in [7, 11) is 0. The minimum atomic E-state index is -0.172. The van der Waals surface area contributed by atoms with Gasteiger partial charge < -0.3 is 20.6 Å². The summed E-state index contributed by atoms with van der Waals surface area (Å²) in [5.41, 5.74) is 7.22. The molecule has 0 spiro atoms. The van der Waals surface area contributed by atoms with Crippen molar-refractivity contribution in [3.63, 3.8) is 0 Å². The molecule has 0 saturated carbocycles. The number of nitrogens with two attached hydrogens (primary N) is 1. The first-order valence-electron chi connectivity index (χ1n) is 6.52. The number of nitrogens with zero attached hydrogens (tertiary/aromatic N) is 2. The normalized spacial score (nSPS) is 22.9. The summed E-state index contributed by atoms with van der Waals surface area (Å²) < 4.78 is 6.72. The summed E-state index contributed by atoms with van der Waals surface area (Å²) in [5, 5.41) is 11.8. The van der Waals surface area contributed by atoms with Crippen LogP contribution >= 0.6 is 15.9 Å². The number of halogens is 1. The number of ether oxygens (including phenoxy) is 1. The maximum absolute atomic E-state index is 8.75. The van der Waals surface area contributed by atoms with Gasteiger partial charge in [0.25, 0.3) is 0 Å². The fraction of sp³-hybridized carbons (Fsp3) is 0.500. The third-order valence-corrected chi connectivity index (χ3v) is 3.93. The molecule has 1 heterocycles. The standard InChI is InChI=1S/C14H20BrN3O2/c1-9-7-18(8-14(2,3)20-9)10-4-5-11(12(15)6-10)13(16)17-19/h4-6,9,19H,7-8H2,1-3H3,(H2,16,17). The van der Waals surface area contributed by atoms with Crippen molar-refractivity contribution < 1.29 is 9.94 Å². The highest BCUT2D eigenvalue weighted by atomic mass is 79.9. The molecule has 0 aromatic heterocycles. The Morgan fingerprint density at radius 3 is 2.80 bits per heavy atom. The van der Waals surface area contributed by atoms with Gasteiger partial charge in [-0.1, -0.05) is 5.16 Å². The Morgan fingerprint density at radius 2 is 2.25 bits per heavy atom. The van der Waals surface area contributed by atoms with Crippen LogP contribution < -0.4 is 10.6 Å². The molecule has 1 unspecified atom stereocenters. The van der Waals surface area contributed by atoms with Crippen molar-refractivity contribution in [3.8, 4) is 0 Å². The van der Waals surface area contributed by atoms with Crippen molar-refractivity contribution in [2.24, 2.45) is 10.9 Å². The smallest absolute Gasteiger partial charge is 0.171 e. The Labute approximate surface area is 127 Å². The first kappa shape index (κ1) is 15.1. The van der Waals surface area contributed by atoms with Gasteiger partial charge in [-0.25, -0.2) is 0 Å². The van der Waals surface area contributed by atoms with E-state index in [1.807, 2.05) is 18.2 Å². The van der Waals surface area contributed by atoms with Gasteiger partial charge in [0.15, 0.2) is 5.84 Å². The molecule has 1 aliphatic rings. The Balaban J connectivity index is 2.28. The lowest BCUT2D eigenvalue weighted by molar-refractivity contribution is -0.0749. The fourth-order valence-electron chi connectivity index (χ4n) is 2.61. The highest BCUT2D eigenvalue weighted by Crippen LogP contribution is 2.29. The van der Waals surface area contributed by atoms with Gasteiger partial charge in [0.05, 0.1) is 11.7 Å². The van der Waals surface area contributed by atoms with Gasteiger partial charge in [0.1, 0.15) is 0 Å². The third kappa shape index (κ3) is 3.24.